The van der Waals surface area contributed by atoms with Crippen molar-refractivity contribution in [3.05, 3.63) is 24.0 Å². The van der Waals surface area contributed by atoms with Crippen molar-refractivity contribution in [2.24, 2.45) is 0 Å². The molecule has 0 aliphatic heterocycles. The van der Waals surface area contributed by atoms with Crippen LogP contribution in [0.25, 0.3) is 0 Å². The minimum Gasteiger partial charge on any atom is -0.398 e. The molecule has 0 unspecified atom stereocenters. The minimum absolute atomic E-state index is 0.611. The van der Waals surface area contributed by atoms with Gasteiger partial charge in [-0.2, -0.15) is 5.26 Å². The van der Waals surface area contributed by atoms with Crippen LogP contribution in [0.4, 0.5) is 12.9 Å². The normalized spacial score (nSPS) is 7.16. The van der Waals surface area contributed by atoms with E-state index in [2.05, 4.69) is 4.98 Å². The number of hydrogen-bond acceptors (Lipinski definition) is 7. The summed E-state index contributed by atoms with van der Waals surface area (Å²) >= 11 is 0. The van der Waals surface area contributed by atoms with Crippen molar-refractivity contribution in [1.82, 2.24) is 4.98 Å². The first-order chi connectivity index (χ1) is 8.63. The first-order valence-electron chi connectivity index (χ1n) is 4.17. The van der Waals surface area contributed by atoms with Gasteiger partial charge in [-0.1, -0.05) is 0 Å². The zero-order chi connectivity index (χ0) is 15.8. The predicted molar refractivity (Wildman–Crippen MR) is 59.4 cm³/mol. The Bertz CT molecular complexity index is 287. The molecule has 0 aliphatic rings. The number of aromatic nitrogens is 1. The Labute approximate surface area is 107 Å². The van der Waals surface area contributed by atoms with Crippen LogP contribution in [0, 0.1) is 11.3 Å². The molecule has 106 valence electrons. The van der Waals surface area contributed by atoms with E-state index in [4.69, 9.17) is 35.4 Å². The minimum atomic E-state index is -2.67. The average molecular weight is 284 g/mol. The van der Waals surface area contributed by atoms with Gasteiger partial charge in [-0.05, 0) is 12.1 Å². The fourth-order valence-corrected chi connectivity index (χ4v) is 0.400. The van der Waals surface area contributed by atoms with Gasteiger partial charge < -0.3 is 35.1 Å². The summed E-state index contributed by atoms with van der Waals surface area (Å²) in [5.41, 5.74) is 0.611. The second-order valence-electron chi connectivity index (χ2n) is 2.13. The Morgan fingerprint density at radius 2 is 1.26 bits per heavy atom. The first-order valence-corrected chi connectivity index (χ1v) is 4.17. The summed E-state index contributed by atoms with van der Waals surface area (Å²) in [4.78, 5) is 2.73. The number of rotatable bonds is 0. The van der Waals surface area contributed by atoms with Crippen LogP contribution in [0.15, 0.2) is 18.3 Å². The van der Waals surface area contributed by atoms with Gasteiger partial charge in [-0.15, -0.1) is 0 Å². The van der Waals surface area contributed by atoms with Crippen molar-refractivity contribution < 1.29 is 43.1 Å². The van der Waals surface area contributed by atoms with Crippen molar-refractivity contribution in [2.45, 2.75) is 0 Å². The molecule has 0 fully saturated rings. The summed E-state index contributed by atoms with van der Waals surface area (Å²) in [6, 6.07) is 5.46. The third-order valence-electron chi connectivity index (χ3n) is 0.718. The SMILES string of the molecule is N#Cc1ccc[nH]1.OB(O)F.OB(O)F.OB(O)F. The molecule has 0 saturated heterocycles. The third-order valence-corrected chi connectivity index (χ3v) is 0.718. The lowest BCUT2D eigenvalue weighted by Crippen LogP contribution is -1.98. The van der Waals surface area contributed by atoms with Crippen molar-refractivity contribution in [3.8, 4) is 6.07 Å². The van der Waals surface area contributed by atoms with Crippen LogP contribution in [0.3, 0.4) is 0 Å². The van der Waals surface area contributed by atoms with E-state index in [9.17, 15) is 12.9 Å². The molecule has 0 spiro atoms. The lowest BCUT2D eigenvalue weighted by molar-refractivity contribution is 0.338. The number of aromatic amines is 1. The summed E-state index contributed by atoms with van der Waals surface area (Å²) in [6.45, 7) is 0. The molecule has 19 heavy (non-hydrogen) atoms. The maximum absolute atomic E-state index is 10.1. The maximum atomic E-state index is 10.1. The second kappa shape index (κ2) is 16.5. The van der Waals surface area contributed by atoms with E-state index in [-0.39, 0.29) is 0 Å². The highest BCUT2D eigenvalue weighted by Crippen LogP contribution is 1.87. The van der Waals surface area contributed by atoms with Gasteiger partial charge in [0.05, 0.1) is 0 Å². The van der Waals surface area contributed by atoms with Crippen molar-refractivity contribution >= 4 is 22.2 Å². The molecule has 0 saturated carbocycles. The van der Waals surface area contributed by atoms with Gasteiger partial charge in [-0.25, -0.2) is 0 Å². The Balaban J connectivity index is -0.000000189. The number of nitriles is 1. The molecule has 0 aromatic carbocycles. The monoisotopic (exact) mass is 284 g/mol. The van der Waals surface area contributed by atoms with Crippen molar-refractivity contribution in [1.29, 1.82) is 5.26 Å². The predicted octanol–water partition coefficient (Wildman–Crippen LogP) is -2.34. The van der Waals surface area contributed by atoms with E-state index >= 15 is 0 Å². The smallest absolute Gasteiger partial charge is 0.398 e. The topological polar surface area (TPSA) is 161 Å². The molecule has 0 atom stereocenters. The molecule has 0 aliphatic carbocycles. The Morgan fingerprint density at radius 1 is 0.947 bits per heavy atom. The highest BCUT2D eigenvalue weighted by molar-refractivity contribution is 6.32. The molecule has 7 N–H and O–H groups in total. The second-order valence-corrected chi connectivity index (χ2v) is 2.13. The zero-order valence-corrected chi connectivity index (χ0v) is 9.23. The van der Waals surface area contributed by atoms with Gasteiger partial charge in [0, 0.05) is 6.20 Å². The number of hydrogen-bond donors (Lipinski definition) is 7. The fourth-order valence-electron chi connectivity index (χ4n) is 0.400. The fraction of sp³-hybridized carbons (Fsp3) is 0. The van der Waals surface area contributed by atoms with Crippen LogP contribution in [0.5, 0.6) is 0 Å². The summed E-state index contributed by atoms with van der Waals surface area (Å²) in [5, 5.41) is 49.8. The van der Waals surface area contributed by atoms with Gasteiger partial charge in [0.1, 0.15) is 11.8 Å². The van der Waals surface area contributed by atoms with Crippen LogP contribution in [-0.2, 0) is 0 Å². The zero-order valence-electron chi connectivity index (χ0n) is 9.23. The maximum Gasteiger partial charge on any atom is 0.674 e. The molecule has 0 amide bonds. The summed E-state index contributed by atoms with van der Waals surface area (Å²) in [6.07, 6.45) is 1.72. The van der Waals surface area contributed by atoms with E-state index in [1.807, 2.05) is 6.07 Å². The molecule has 1 rings (SSSR count). The summed E-state index contributed by atoms with van der Waals surface area (Å²) < 4.78 is 30.3. The van der Waals surface area contributed by atoms with Gasteiger partial charge >= 0.3 is 22.2 Å². The van der Waals surface area contributed by atoms with E-state index < -0.39 is 22.2 Å². The Hall–Kier alpha value is -1.49. The van der Waals surface area contributed by atoms with Crippen LogP contribution in [0.1, 0.15) is 5.69 Å². The first kappa shape index (κ1) is 22.7. The summed E-state index contributed by atoms with van der Waals surface area (Å²) in [5.74, 6) is 0. The van der Waals surface area contributed by atoms with Gasteiger partial charge in [0.15, 0.2) is 0 Å². The third kappa shape index (κ3) is 61.6. The highest BCUT2D eigenvalue weighted by atomic mass is 19.1. The van der Waals surface area contributed by atoms with E-state index in [0.29, 0.717) is 5.69 Å². The van der Waals surface area contributed by atoms with Crippen molar-refractivity contribution in [2.75, 3.05) is 0 Å². The van der Waals surface area contributed by atoms with Gasteiger partial charge in [0.25, 0.3) is 0 Å². The van der Waals surface area contributed by atoms with E-state index in [1.54, 1.807) is 18.3 Å². The largest absolute Gasteiger partial charge is 0.674 e. The van der Waals surface area contributed by atoms with E-state index in [1.165, 1.54) is 0 Å². The van der Waals surface area contributed by atoms with Gasteiger partial charge in [-0.3, -0.25) is 12.9 Å². The molecule has 0 radical (unpaired) electrons. The van der Waals surface area contributed by atoms with Crippen LogP contribution in [0.2, 0.25) is 0 Å². The van der Waals surface area contributed by atoms with Crippen LogP contribution in [-0.4, -0.2) is 57.3 Å². The number of nitrogens with zero attached hydrogens (tertiary/aromatic N) is 1. The highest BCUT2D eigenvalue weighted by Gasteiger charge is 1.98. The lowest BCUT2D eigenvalue weighted by Gasteiger charge is -1.66. The molecule has 1 aromatic heterocycles. The average Bonchev–Trinajstić information content (AvgIpc) is 2.66. The van der Waals surface area contributed by atoms with Crippen LogP contribution >= 0.6 is 0 Å². The van der Waals surface area contributed by atoms with Gasteiger partial charge in [0.2, 0.25) is 0 Å². The van der Waals surface area contributed by atoms with Crippen molar-refractivity contribution in [3.63, 3.8) is 0 Å². The Kier molecular flexibility index (Phi) is 19.7. The molecular formula is C5H10B3F3N2O6. The molecular weight excluding hydrogens is 273 g/mol. The number of halogens is 3. The summed E-state index contributed by atoms with van der Waals surface area (Å²) in [7, 11) is -8.00. The number of H-pyrrole nitrogens is 1. The molecule has 1 heterocycles. The standard InChI is InChI=1S/C5H4N2.3BFH2O2/c6-4-5-2-1-3-7-5;3*2-1(3)4/h1-3,7H;3*3-4H. The molecule has 1 aromatic rings. The number of nitrogens with one attached hydrogen (secondary N) is 1. The lowest BCUT2D eigenvalue weighted by atomic mass is 10.3. The molecule has 8 nitrogen and oxygen atoms in total. The van der Waals surface area contributed by atoms with E-state index in [0.717, 1.165) is 0 Å². The van der Waals surface area contributed by atoms with Crippen LogP contribution < -0.4 is 0 Å². The molecule has 0 bridgehead atoms. The Morgan fingerprint density at radius 3 is 1.37 bits per heavy atom. The quantitative estimate of drug-likeness (QED) is 0.263. The molecule has 14 heteroatoms.